The van der Waals surface area contributed by atoms with E-state index in [-0.39, 0.29) is 62.0 Å². The van der Waals surface area contributed by atoms with Gasteiger partial charge in [-0.05, 0) is 112 Å². The average molecular weight is 1310 g/mol. The summed E-state index contributed by atoms with van der Waals surface area (Å²) in [5.74, 6) is -6.70. The first-order chi connectivity index (χ1) is 44.2. The summed E-state index contributed by atoms with van der Waals surface area (Å²) in [5.41, 5.74) is 11.5. The predicted octanol–water partition coefficient (Wildman–Crippen LogP) is 1.05. The van der Waals surface area contributed by atoms with Crippen molar-refractivity contribution in [1.82, 2.24) is 52.4 Å². The van der Waals surface area contributed by atoms with Crippen molar-refractivity contribution in [1.29, 1.82) is 0 Å². The van der Waals surface area contributed by atoms with E-state index in [0.717, 1.165) is 59.2 Å². The van der Waals surface area contributed by atoms with Crippen molar-refractivity contribution in [3.8, 4) is 0 Å². The van der Waals surface area contributed by atoms with Crippen LogP contribution < -0.4 is 53.6 Å². The van der Waals surface area contributed by atoms with Crippen LogP contribution in [-0.2, 0) is 75.3 Å². The summed E-state index contributed by atoms with van der Waals surface area (Å²) in [6, 6.07) is 20.3. The first-order valence-corrected chi connectivity index (χ1v) is 32.6. The van der Waals surface area contributed by atoms with Gasteiger partial charge in [0.25, 0.3) is 0 Å². The van der Waals surface area contributed by atoms with Crippen LogP contribution in [0.25, 0.3) is 10.9 Å². The third-order valence-electron chi connectivity index (χ3n) is 16.0. The van der Waals surface area contributed by atoms with E-state index < -0.39 is 108 Å². The van der Waals surface area contributed by atoms with Gasteiger partial charge < -0.3 is 78.8 Å². The molecule has 0 bridgehead atoms. The molecule has 15 N–H and O–H groups in total. The second-order valence-electron chi connectivity index (χ2n) is 23.1. The first kappa shape index (κ1) is 73.2. The number of nitrogens with zero attached hydrogens (tertiary/aromatic N) is 1. The number of anilines is 1. The van der Waals surface area contributed by atoms with Gasteiger partial charge in [0, 0.05) is 66.5 Å². The minimum atomic E-state index is -1.68. The molecule has 498 valence electrons. The van der Waals surface area contributed by atoms with E-state index >= 15 is 0 Å². The molecule has 24 nitrogen and oxygen atoms in total. The summed E-state index contributed by atoms with van der Waals surface area (Å²) in [7, 11) is 0. The van der Waals surface area contributed by atoms with Crippen molar-refractivity contribution in [3.63, 3.8) is 0 Å². The zero-order valence-electron chi connectivity index (χ0n) is 52.3. The van der Waals surface area contributed by atoms with Crippen LogP contribution in [0.3, 0.4) is 0 Å². The molecule has 0 saturated heterocycles. The number of aliphatic hydroxyl groups excluding tert-OH is 3. The summed E-state index contributed by atoms with van der Waals surface area (Å²) in [4.78, 5) is 131. The molecule has 0 aliphatic carbocycles. The molecule has 2 heterocycles. The van der Waals surface area contributed by atoms with Gasteiger partial charge in [-0.25, -0.2) is 0 Å². The number of aromatic amines is 1. The van der Waals surface area contributed by atoms with Crippen LogP contribution >= 0.6 is 25.3 Å². The molecule has 9 amide bonds. The van der Waals surface area contributed by atoms with Crippen LogP contribution in [0.5, 0.6) is 0 Å². The normalized spacial score (nSPS) is 15.2. The Kier molecular flexibility index (Phi) is 29.9. The van der Waals surface area contributed by atoms with Gasteiger partial charge >= 0.3 is 0 Å². The lowest BCUT2D eigenvalue weighted by Crippen LogP contribution is -2.62. The molecule has 4 aromatic carbocycles. The maximum absolute atomic E-state index is 15.0. The molecule has 6 rings (SSSR count). The fourth-order valence-electron chi connectivity index (χ4n) is 10.8. The number of nitrogens with one attached hydrogen (secondary N) is 10. The van der Waals surface area contributed by atoms with E-state index in [9.17, 15) is 58.5 Å². The number of H-pyrrole nitrogens is 1. The number of aromatic nitrogens is 1. The third kappa shape index (κ3) is 22.5. The number of carbonyl (C=O) groups is 9. The van der Waals surface area contributed by atoms with E-state index in [1.165, 1.54) is 13.8 Å². The van der Waals surface area contributed by atoms with Gasteiger partial charge in [-0.15, -0.1) is 0 Å². The highest BCUT2D eigenvalue weighted by Gasteiger charge is 2.36. The van der Waals surface area contributed by atoms with Gasteiger partial charge in [0.05, 0.1) is 31.3 Å². The van der Waals surface area contributed by atoms with Crippen molar-refractivity contribution < 1.29 is 58.5 Å². The number of hydrogen-bond acceptors (Lipinski definition) is 16. The molecule has 0 saturated carbocycles. The van der Waals surface area contributed by atoms with Gasteiger partial charge in [0.1, 0.15) is 42.3 Å². The van der Waals surface area contributed by atoms with E-state index in [1.54, 1.807) is 42.6 Å². The average Bonchev–Trinajstić information content (AvgIpc) is 1.78. The Hall–Kier alpha value is -7.85. The van der Waals surface area contributed by atoms with Gasteiger partial charge in [0.15, 0.2) is 0 Å². The highest BCUT2D eigenvalue weighted by Crippen LogP contribution is 2.27. The number of thiol groups is 2. The Balaban J connectivity index is 1.19. The van der Waals surface area contributed by atoms with Gasteiger partial charge in [0.2, 0.25) is 53.2 Å². The van der Waals surface area contributed by atoms with E-state index in [4.69, 9.17) is 5.73 Å². The number of hydrogen-bond donors (Lipinski definition) is 16. The summed E-state index contributed by atoms with van der Waals surface area (Å²) < 4.78 is 0. The zero-order valence-corrected chi connectivity index (χ0v) is 54.1. The number of aliphatic hydroxyl groups is 3. The number of benzene rings is 4. The van der Waals surface area contributed by atoms with Crippen molar-refractivity contribution >= 4 is 95.0 Å². The van der Waals surface area contributed by atoms with Crippen LogP contribution in [0.1, 0.15) is 87.1 Å². The second kappa shape index (κ2) is 37.6. The molecule has 10 atom stereocenters. The fourth-order valence-corrected chi connectivity index (χ4v) is 11.3. The number of fused-ring (bicyclic) bond motifs is 2. The number of amides is 9. The third-order valence-corrected chi connectivity index (χ3v) is 16.7. The number of nitrogens with two attached hydrogens (primary N) is 1. The molecule has 5 aromatic rings. The molecule has 92 heavy (non-hydrogen) atoms. The van der Waals surface area contributed by atoms with Crippen LogP contribution in [-0.4, -0.2) is 183 Å². The second-order valence-corrected chi connectivity index (χ2v) is 23.9. The lowest BCUT2D eigenvalue weighted by molar-refractivity contribution is -0.136. The molecule has 0 radical (unpaired) electrons. The summed E-state index contributed by atoms with van der Waals surface area (Å²) in [6.07, 6.45) is 2.14. The number of rotatable bonds is 39. The molecule has 0 spiro atoms. The quantitative estimate of drug-likeness (QED) is 0.0193. The summed E-state index contributed by atoms with van der Waals surface area (Å²) in [5, 5.41) is 55.5. The molecule has 1 aromatic heterocycles. The van der Waals surface area contributed by atoms with Crippen molar-refractivity contribution in [3.05, 3.63) is 137 Å². The molecule has 1 aliphatic rings. The Bertz CT molecular complexity index is 3250. The zero-order chi connectivity index (χ0) is 66.7. The molecular weight excluding hydrogens is 1220 g/mol. The Morgan fingerprint density at radius 3 is 1.71 bits per heavy atom. The largest absolute Gasteiger partial charge is 0.394 e. The van der Waals surface area contributed by atoms with E-state index in [0.29, 0.717) is 43.4 Å². The Morgan fingerprint density at radius 1 is 0.576 bits per heavy atom. The number of unbranched alkanes of at least 4 members (excludes halogenated alkanes) is 1. The van der Waals surface area contributed by atoms with Crippen LogP contribution in [0.4, 0.5) is 5.69 Å². The fraction of sp³-hybridized carbons (Fsp3) is 0.470. The molecule has 0 unspecified atom stereocenters. The summed E-state index contributed by atoms with van der Waals surface area (Å²) in [6.45, 7) is 6.43. The van der Waals surface area contributed by atoms with Crippen LogP contribution in [0, 0.1) is 0 Å². The Morgan fingerprint density at radius 2 is 1.12 bits per heavy atom. The van der Waals surface area contributed by atoms with Crippen LogP contribution in [0.15, 0.2) is 109 Å². The predicted molar refractivity (Wildman–Crippen MR) is 357 cm³/mol. The topological polar surface area (TPSA) is 368 Å². The lowest BCUT2D eigenvalue weighted by Gasteiger charge is -2.29. The number of carbonyl (C=O) groups excluding carboxylic acids is 9. The van der Waals surface area contributed by atoms with E-state index in [2.05, 4.69) is 89.9 Å². The monoisotopic (exact) mass is 1310 g/mol. The van der Waals surface area contributed by atoms with Gasteiger partial charge in [-0.3, -0.25) is 43.2 Å². The van der Waals surface area contributed by atoms with Gasteiger partial charge in [-0.2, -0.15) is 25.3 Å². The molecule has 26 heteroatoms. The number of para-hydroxylation sites is 1. The minimum Gasteiger partial charge on any atom is -0.394 e. The van der Waals surface area contributed by atoms with Crippen molar-refractivity contribution in [2.45, 2.75) is 152 Å². The summed E-state index contributed by atoms with van der Waals surface area (Å²) >= 11 is 8.64. The lowest BCUT2D eigenvalue weighted by atomic mass is 10.0. The van der Waals surface area contributed by atoms with Gasteiger partial charge in [-0.1, -0.05) is 97.9 Å². The van der Waals surface area contributed by atoms with E-state index in [1.807, 2.05) is 66.7 Å². The van der Waals surface area contributed by atoms with Crippen LogP contribution in [0.2, 0.25) is 0 Å². The SMILES string of the molecule is CCCN(CCCC(=O)N[C@H](Cc1ccccc1)C(=O)N[C@@H](CS)C(=O)N[C@@H](Cc1ccccc1)C(=O)N[C@H](Cc1c[nH]c2ccccc12)C(=O)N[C@@H](CCCCN)C(=O)N[C@H](C(=O)N[C@@H](CS)C(=O)N[C@H](CO)[C@H](C)O)[C@@H](C)O)CCc1cccc2c1CC(=O)N2. The maximum Gasteiger partial charge on any atom is 0.245 e. The standard InChI is InChI=1S/C66H90N12O12S2/c1-4-29-78(31-27-44-21-15-25-49-47(44)35-58(83)69-49)30-16-26-57(82)70-51(32-42-17-7-5-8-18-42)61(85)75-55(38-91)64(88)72-52(33-43-19-9-6-10-20-43)62(86)73-53(34-45-36-68-48-23-12-11-22-46(45)48)63(87)71-50(24-13-14-28-67)60(84)77-59(41(3)81)66(90)76-56(39-92)65(89)74-54(37-79)40(2)80/h5-12,15,17-23,25,36,40-41,50-56,59,68,79-81,91-92H,4,13-14,16,24,26-35,37-39,67H2,1-3H3,(H,69,83)(H,70,82)(H,71,87)(H,72,88)(H,73,86)(H,74,89)(H,75,85)(H,76,90)(H,77,84)/t40-,41+,50-,51+,52-,53+,54+,55-,56-,59-/m0/s1. The molecule has 1 aliphatic heterocycles. The Labute approximate surface area is 547 Å². The minimum absolute atomic E-state index is 0.0151. The highest BCUT2D eigenvalue weighted by molar-refractivity contribution is 7.80. The first-order valence-electron chi connectivity index (χ1n) is 31.3. The smallest absolute Gasteiger partial charge is 0.245 e. The van der Waals surface area contributed by atoms with Crippen molar-refractivity contribution in [2.24, 2.45) is 5.73 Å². The van der Waals surface area contributed by atoms with Crippen molar-refractivity contribution in [2.75, 3.05) is 49.6 Å². The molecular formula is C66H90N12O12S2. The molecule has 0 fully saturated rings. The highest BCUT2D eigenvalue weighted by atomic mass is 32.1. The maximum atomic E-state index is 15.0.